The van der Waals surface area contributed by atoms with Gasteiger partial charge in [0, 0.05) is 19.2 Å². The highest BCUT2D eigenvalue weighted by atomic mass is 32.2. The molecule has 1 aliphatic heterocycles. The molecule has 2 rings (SSSR count). The zero-order valence-corrected chi connectivity index (χ0v) is 18.3. The van der Waals surface area contributed by atoms with Crippen molar-refractivity contribution in [1.82, 2.24) is 9.62 Å². The molecule has 0 aromatic heterocycles. The van der Waals surface area contributed by atoms with Gasteiger partial charge in [-0.2, -0.15) is 4.31 Å². The lowest BCUT2D eigenvalue weighted by atomic mass is 10.2. The zero-order valence-electron chi connectivity index (χ0n) is 16.7. The molecule has 1 amide bonds. The molecule has 1 heterocycles. The molecule has 0 spiro atoms. The summed E-state index contributed by atoms with van der Waals surface area (Å²) in [5.41, 5.74) is 0. The maximum Gasteiger partial charge on any atom is 0.243 e. The Balaban J connectivity index is 1.97. The number of nitrogens with zero attached hydrogens (tertiary/aromatic N) is 1. The van der Waals surface area contributed by atoms with Crippen molar-refractivity contribution in [3.8, 4) is 5.75 Å². The molecule has 11 heteroatoms. The third kappa shape index (κ3) is 6.95. The van der Waals surface area contributed by atoms with Crippen LogP contribution in [0.5, 0.6) is 5.75 Å². The van der Waals surface area contributed by atoms with Gasteiger partial charge in [0.15, 0.2) is 9.84 Å². The number of sulfonamides is 1. The summed E-state index contributed by atoms with van der Waals surface area (Å²) in [5, 5.41) is 2.61. The van der Waals surface area contributed by atoms with Crippen LogP contribution in [-0.4, -0.2) is 77.5 Å². The molecular weight excluding hydrogens is 420 g/mol. The van der Waals surface area contributed by atoms with Crippen LogP contribution >= 0.6 is 0 Å². The fraction of sp³-hybridized carbons (Fsp3) is 0.611. The number of nitrogens with one attached hydrogen (secondary N) is 1. The van der Waals surface area contributed by atoms with Gasteiger partial charge in [-0.05, 0) is 37.6 Å². The van der Waals surface area contributed by atoms with Crippen molar-refractivity contribution in [2.75, 3.05) is 44.4 Å². The SMILES string of the molecule is CCOCCOc1ccc(S(=O)(=O)N(CC)CC(=O)NC2CCS(=O)(=O)C2)cc1. The molecular formula is C18H28N2O7S2. The largest absolute Gasteiger partial charge is 0.491 e. The Morgan fingerprint density at radius 1 is 1.21 bits per heavy atom. The number of ether oxygens (including phenoxy) is 2. The van der Waals surface area contributed by atoms with E-state index in [2.05, 4.69) is 5.32 Å². The summed E-state index contributed by atoms with van der Waals surface area (Å²) in [7, 11) is -7.00. The summed E-state index contributed by atoms with van der Waals surface area (Å²) in [6.07, 6.45) is 0.345. The van der Waals surface area contributed by atoms with Crippen molar-refractivity contribution >= 4 is 25.8 Å². The third-order valence-corrected chi connectivity index (χ3v) is 8.14. The first kappa shape index (κ1) is 23.6. The second-order valence-electron chi connectivity index (χ2n) is 6.62. The predicted molar refractivity (Wildman–Crippen MR) is 108 cm³/mol. The number of benzene rings is 1. The molecule has 0 saturated carbocycles. The molecule has 1 saturated heterocycles. The van der Waals surface area contributed by atoms with Gasteiger partial charge in [-0.25, -0.2) is 16.8 Å². The first-order valence-corrected chi connectivity index (χ1v) is 12.7. The van der Waals surface area contributed by atoms with Crippen LogP contribution in [0.4, 0.5) is 0 Å². The van der Waals surface area contributed by atoms with Crippen LogP contribution in [0.15, 0.2) is 29.2 Å². The zero-order chi connectivity index (χ0) is 21.5. The summed E-state index contributed by atoms with van der Waals surface area (Å²) >= 11 is 0. The van der Waals surface area contributed by atoms with Crippen molar-refractivity contribution in [2.45, 2.75) is 31.2 Å². The summed E-state index contributed by atoms with van der Waals surface area (Å²) in [4.78, 5) is 12.3. The van der Waals surface area contributed by atoms with E-state index in [1.54, 1.807) is 19.1 Å². The van der Waals surface area contributed by atoms with Crippen LogP contribution in [0.3, 0.4) is 0 Å². The van der Waals surface area contributed by atoms with Crippen LogP contribution < -0.4 is 10.1 Å². The maximum atomic E-state index is 12.8. The van der Waals surface area contributed by atoms with Gasteiger partial charge in [-0.15, -0.1) is 0 Å². The first-order chi connectivity index (χ1) is 13.7. The number of hydrogen-bond acceptors (Lipinski definition) is 7. The van der Waals surface area contributed by atoms with Crippen LogP contribution in [0.2, 0.25) is 0 Å². The topological polar surface area (TPSA) is 119 Å². The second kappa shape index (κ2) is 10.4. The Kier molecular flexibility index (Phi) is 8.44. The fourth-order valence-electron chi connectivity index (χ4n) is 2.93. The van der Waals surface area contributed by atoms with Crippen LogP contribution in [0, 0.1) is 0 Å². The highest BCUT2D eigenvalue weighted by molar-refractivity contribution is 7.91. The van der Waals surface area contributed by atoms with Crippen molar-refractivity contribution < 1.29 is 31.1 Å². The minimum Gasteiger partial charge on any atom is -0.491 e. The molecule has 1 fully saturated rings. The van der Waals surface area contributed by atoms with Gasteiger partial charge in [0.2, 0.25) is 15.9 Å². The molecule has 1 aromatic carbocycles. The molecule has 0 radical (unpaired) electrons. The van der Waals surface area contributed by atoms with E-state index in [1.807, 2.05) is 6.92 Å². The minimum atomic E-state index is -3.87. The minimum absolute atomic E-state index is 0.0345. The molecule has 0 bridgehead atoms. The maximum absolute atomic E-state index is 12.8. The van der Waals surface area contributed by atoms with Gasteiger partial charge >= 0.3 is 0 Å². The molecule has 1 unspecified atom stereocenters. The fourth-order valence-corrected chi connectivity index (χ4v) is 6.01. The lowest BCUT2D eigenvalue weighted by molar-refractivity contribution is -0.121. The average Bonchev–Trinajstić information content (AvgIpc) is 3.01. The Morgan fingerprint density at radius 3 is 2.45 bits per heavy atom. The van der Waals surface area contributed by atoms with E-state index in [0.717, 1.165) is 4.31 Å². The van der Waals surface area contributed by atoms with Gasteiger partial charge in [0.25, 0.3) is 0 Å². The van der Waals surface area contributed by atoms with Crippen molar-refractivity contribution in [1.29, 1.82) is 0 Å². The van der Waals surface area contributed by atoms with Crippen LogP contribution in [0.25, 0.3) is 0 Å². The second-order valence-corrected chi connectivity index (χ2v) is 10.8. The number of amides is 1. The van der Waals surface area contributed by atoms with Gasteiger partial charge in [0.05, 0.1) is 29.6 Å². The van der Waals surface area contributed by atoms with E-state index < -0.39 is 31.8 Å². The molecule has 0 aliphatic carbocycles. The standard InChI is InChI=1S/C18H28N2O7S2/c1-3-20(13-18(21)19-15-9-12-28(22,23)14-15)29(24,25)17-7-5-16(6-8-17)27-11-10-26-4-2/h5-8,15H,3-4,9-14H2,1-2H3,(H,19,21). The average molecular weight is 449 g/mol. The van der Waals surface area contributed by atoms with E-state index in [4.69, 9.17) is 9.47 Å². The quantitative estimate of drug-likeness (QED) is 0.487. The molecule has 1 aromatic rings. The number of carbonyl (C=O) groups is 1. The van der Waals surface area contributed by atoms with Gasteiger partial charge < -0.3 is 14.8 Å². The van der Waals surface area contributed by atoms with Crippen molar-refractivity contribution in [3.63, 3.8) is 0 Å². The number of likely N-dealkylation sites (N-methyl/N-ethyl adjacent to an activating group) is 1. The van der Waals surface area contributed by atoms with E-state index in [9.17, 15) is 21.6 Å². The normalized spacial score (nSPS) is 18.7. The first-order valence-electron chi connectivity index (χ1n) is 9.48. The lowest BCUT2D eigenvalue weighted by Crippen LogP contribution is -2.44. The van der Waals surface area contributed by atoms with E-state index in [0.29, 0.717) is 32.0 Å². The van der Waals surface area contributed by atoms with Gasteiger partial charge in [0.1, 0.15) is 12.4 Å². The highest BCUT2D eigenvalue weighted by Crippen LogP contribution is 2.20. The molecule has 9 nitrogen and oxygen atoms in total. The molecule has 1 N–H and O–H groups in total. The molecule has 164 valence electrons. The van der Waals surface area contributed by atoms with Gasteiger partial charge in [-0.1, -0.05) is 6.92 Å². The summed E-state index contributed by atoms with van der Waals surface area (Å²) in [6, 6.07) is 5.49. The Morgan fingerprint density at radius 2 is 1.90 bits per heavy atom. The van der Waals surface area contributed by atoms with E-state index in [1.165, 1.54) is 12.1 Å². The smallest absolute Gasteiger partial charge is 0.243 e. The van der Waals surface area contributed by atoms with Crippen LogP contribution in [0.1, 0.15) is 20.3 Å². The number of rotatable bonds is 11. The number of sulfone groups is 1. The lowest BCUT2D eigenvalue weighted by Gasteiger charge is -2.21. The molecule has 29 heavy (non-hydrogen) atoms. The van der Waals surface area contributed by atoms with Crippen molar-refractivity contribution in [3.05, 3.63) is 24.3 Å². The highest BCUT2D eigenvalue weighted by Gasteiger charge is 2.31. The summed E-state index contributed by atoms with van der Waals surface area (Å²) < 4.78 is 60.4. The Hall–Kier alpha value is -1.69. The summed E-state index contributed by atoms with van der Waals surface area (Å²) in [6.45, 7) is 4.64. The number of carbonyl (C=O) groups excluding carboxylic acids is 1. The Labute approximate surface area is 172 Å². The number of hydrogen-bond donors (Lipinski definition) is 1. The van der Waals surface area contributed by atoms with Gasteiger partial charge in [-0.3, -0.25) is 4.79 Å². The third-order valence-electron chi connectivity index (χ3n) is 4.43. The van der Waals surface area contributed by atoms with E-state index >= 15 is 0 Å². The molecule has 1 aliphatic rings. The Bertz CT molecular complexity index is 883. The van der Waals surface area contributed by atoms with Crippen LogP contribution in [-0.2, 0) is 29.4 Å². The van der Waals surface area contributed by atoms with E-state index in [-0.39, 0.29) is 29.5 Å². The molecule has 1 atom stereocenters. The van der Waals surface area contributed by atoms with Crippen molar-refractivity contribution in [2.24, 2.45) is 0 Å². The predicted octanol–water partition coefficient (Wildman–Crippen LogP) is 0.416. The monoisotopic (exact) mass is 448 g/mol. The summed E-state index contributed by atoms with van der Waals surface area (Å²) in [5.74, 6) is -0.0740.